The smallest absolute Gasteiger partial charge is 0.0555 e. The second-order valence-corrected chi connectivity index (χ2v) is 8.90. The molecule has 0 spiro atoms. The molecule has 1 aliphatic heterocycles. The summed E-state index contributed by atoms with van der Waals surface area (Å²) in [4.78, 5) is 2.43. The number of benzene rings is 5. The summed E-state index contributed by atoms with van der Waals surface area (Å²) in [6, 6.07) is 37.5. The Balaban J connectivity index is 1.67. The molecule has 1 aromatic heterocycles. The van der Waals surface area contributed by atoms with E-state index in [9.17, 15) is 0 Å². The van der Waals surface area contributed by atoms with Crippen molar-refractivity contribution in [1.82, 2.24) is 0 Å². The van der Waals surface area contributed by atoms with E-state index in [2.05, 4.69) is 108 Å². The summed E-state index contributed by atoms with van der Waals surface area (Å²) in [5.74, 6) is 0. The number of para-hydroxylation sites is 1. The SMILES string of the molecule is c1ccc(N2c3cc4sc5ccccc5c4cc3-c3cccc4cccc2c34)cc1. The summed E-state index contributed by atoms with van der Waals surface area (Å²) in [7, 11) is 0. The standard InChI is InChI=1S/C28H17NS/c1-2-10-19(11-3-1)29-24-14-7-9-18-8-6-13-21(28(18)24)22-16-23-20-12-4-5-15-26(20)30-27(23)17-25(22)29/h1-17H. The monoisotopic (exact) mass is 399 g/mol. The average Bonchev–Trinajstić information content (AvgIpc) is 3.16. The number of hydrogen-bond donors (Lipinski definition) is 0. The maximum absolute atomic E-state index is 2.43. The van der Waals surface area contributed by atoms with Gasteiger partial charge in [0.1, 0.15) is 0 Å². The van der Waals surface area contributed by atoms with Gasteiger partial charge in [-0.3, -0.25) is 0 Å². The van der Waals surface area contributed by atoms with Crippen LogP contribution in [0.25, 0.3) is 42.1 Å². The van der Waals surface area contributed by atoms with Gasteiger partial charge >= 0.3 is 0 Å². The molecule has 0 unspecified atom stereocenters. The Hall–Kier alpha value is -3.62. The molecule has 0 fully saturated rings. The lowest BCUT2D eigenvalue weighted by Gasteiger charge is -2.33. The van der Waals surface area contributed by atoms with E-state index in [1.165, 1.54) is 59.1 Å². The fourth-order valence-electron chi connectivity index (χ4n) is 4.88. The van der Waals surface area contributed by atoms with Gasteiger partial charge in [0, 0.05) is 36.8 Å². The minimum absolute atomic E-state index is 1.20. The molecule has 0 saturated heterocycles. The van der Waals surface area contributed by atoms with E-state index >= 15 is 0 Å². The predicted octanol–water partition coefficient (Wildman–Crippen LogP) is 8.66. The van der Waals surface area contributed by atoms with Crippen molar-refractivity contribution >= 4 is 59.3 Å². The number of rotatable bonds is 1. The van der Waals surface area contributed by atoms with Gasteiger partial charge in [-0.2, -0.15) is 0 Å². The zero-order chi connectivity index (χ0) is 19.7. The maximum atomic E-state index is 2.43. The van der Waals surface area contributed by atoms with Crippen LogP contribution in [0.2, 0.25) is 0 Å². The number of thiophene rings is 1. The Kier molecular flexibility index (Phi) is 3.21. The summed E-state index contributed by atoms with van der Waals surface area (Å²) >= 11 is 1.88. The second kappa shape index (κ2) is 5.94. The first-order valence-corrected chi connectivity index (χ1v) is 11.0. The van der Waals surface area contributed by atoms with Gasteiger partial charge in [-0.15, -0.1) is 11.3 Å². The molecule has 1 aliphatic rings. The largest absolute Gasteiger partial charge is 0.309 e. The first kappa shape index (κ1) is 16.2. The number of fused-ring (bicyclic) bond motifs is 5. The van der Waals surface area contributed by atoms with Crippen molar-refractivity contribution in [3.05, 3.63) is 103 Å². The molecular formula is C28H17NS. The minimum Gasteiger partial charge on any atom is -0.309 e. The van der Waals surface area contributed by atoms with Gasteiger partial charge in [0.05, 0.1) is 11.4 Å². The highest BCUT2D eigenvalue weighted by Gasteiger charge is 2.26. The molecule has 0 N–H and O–H groups in total. The molecule has 0 radical (unpaired) electrons. The van der Waals surface area contributed by atoms with Gasteiger partial charge in [-0.25, -0.2) is 0 Å². The second-order valence-electron chi connectivity index (χ2n) is 7.82. The molecule has 7 rings (SSSR count). The van der Waals surface area contributed by atoms with Crippen LogP contribution in [0, 0.1) is 0 Å². The average molecular weight is 400 g/mol. The van der Waals surface area contributed by atoms with Crippen molar-refractivity contribution in [2.24, 2.45) is 0 Å². The lowest BCUT2D eigenvalue weighted by molar-refractivity contribution is 1.29. The molecule has 30 heavy (non-hydrogen) atoms. The molecule has 5 aromatic carbocycles. The van der Waals surface area contributed by atoms with Crippen LogP contribution in [0.3, 0.4) is 0 Å². The van der Waals surface area contributed by atoms with E-state index in [0.717, 1.165) is 0 Å². The van der Waals surface area contributed by atoms with Crippen LogP contribution in [0.4, 0.5) is 17.1 Å². The highest BCUT2D eigenvalue weighted by molar-refractivity contribution is 7.25. The molecule has 140 valence electrons. The summed E-state index contributed by atoms with van der Waals surface area (Å²) in [5.41, 5.74) is 6.33. The Bertz CT molecular complexity index is 1590. The van der Waals surface area contributed by atoms with Gasteiger partial charge < -0.3 is 4.90 Å². The Morgan fingerprint density at radius 1 is 0.533 bits per heavy atom. The molecule has 0 atom stereocenters. The van der Waals surface area contributed by atoms with Gasteiger partial charge in [0.25, 0.3) is 0 Å². The summed E-state index contributed by atoms with van der Waals surface area (Å²) in [5, 5.41) is 5.30. The zero-order valence-electron chi connectivity index (χ0n) is 16.2. The van der Waals surface area contributed by atoms with Crippen LogP contribution in [0.15, 0.2) is 103 Å². The van der Waals surface area contributed by atoms with E-state index in [1.54, 1.807) is 0 Å². The van der Waals surface area contributed by atoms with Gasteiger partial charge in [0.15, 0.2) is 0 Å². The molecular weight excluding hydrogens is 382 g/mol. The fraction of sp³-hybridized carbons (Fsp3) is 0. The molecule has 0 aliphatic carbocycles. The maximum Gasteiger partial charge on any atom is 0.0555 e. The Morgan fingerprint density at radius 2 is 1.33 bits per heavy atom. The van der Waals surface area contributed by atoms with Crippen molar-refractivity contribution in [1.29, 1.82) is 0 Å². The van der Waals surface area contributed by atoms with Gasteiger partial charge in [-0.05, 0) is 47.3 Å². The third-order valence-electron chi connectivity index (χ3n) is 6.16. The zero-order valence-corrected chi connectivity index (χ0v) is 17.0. The predicted molar refractivity (Wildman–Crippen MR) is 131 cm³/mol. The highest BCUT2D eigenvalue weighted by atomic mass is 32.1. The van der Waals surface area contributed by atoms with E-state index in [1.807, 2.05) is 11.3 Å². The summed E-state index contributed by atoms with van der Waals surface area (Å²) in [6.45, 7) is 0. The fourth-order valence-corrected chi connectivity index (χ4v) is 6.00. The van der Waals surface area contributed by atoms with Crippen LogP contribution < -0.4 is 4.90 Å². The van der Waals surface area contributed by atoms with Gasteiger partial charge in [0.2, 0.25) is 0 Å². The van der Waals surface area contributed by atoms with Gasteiger partial charge in [-0.1, -0.05) is 66.7 Å². The van der Waals surface area contributed by atoms with Crippen LogP contribution in [-0.2, 0) is 0 Å². The Labute approximate surface area is 178 Å². The lowest BCUT2D eigenvalue weighted by atomic mass is 9.90. The van der Waals surface area contributed by atoms with Crippen molar-refractivity contribution in [2.45, 2.75) is 0 Å². The van der Waals surface area contributed by atoms with Crippen molar-refractivity contribution < 1.29 is 0 Å². The quantitative estimate of drug-likeness (QED) is 0.267. The van der Waals surface area contributed by atoms with E-state index in [-0.39, 0.29) is 0 Å². The molecule has 1 nitrogen and oxygen atoms in total. The molecule has 2 heterocycles. The summed E-state index contributed by atoms with van der Waals surface area (Å²) in [6.07, 6.45) is 0. The topological polar surface area (TPSA) is 3.24 Å². The Morgan fingerprint density at radius 3 is 2.23 bits per heavy atom. The molecule has 0 bridgehead atoms. The molecule has 2 heteroatoms. The lowest BCUT2D eigenvalue weighted by Crippen LogP contribution is -2.14. The highest BCUT2D eigenvalue weighted by Crippen LogP contribution is 2.52. The number of hydrogen-bond acceptors (Lipinski definition) is 2. The first-order valence-electron chi connectivity index (χ1n) is 10.2. The minimum atomic E-state index is 1.20. The van der Waals surface area contributed by atoms with E-state index in [0.29, 0.717) is 0 Å². The number of nitrogens with zero attached hydrogens (tertiary/aromatic N) is 1. The van der Waals surface area contributed by atoms with Crippen LogP contribution >= 0.6 is 11.3 Å². The molecule has 0 saturated carbocycles. The third kappa shape index (κ3) is 2.11. The molecule has 6 aromatic rings. The van der Waals surface area contributed by atoms with E-state index in [4.69, 9.17) is 0 Å². The summed E-state index contributed by atoms with van der Waals surface area (Å²) < 4.78 is 2.68. The van der Waals surface area contributed by atoms with Crippen molar-refractivity contribution in [3.63, 3.8) is 0 Å². The third-order valence-corrected chi connectivity index (χ3v) is 7.30. The van der Waals surface area contributed by atoms with E-state index < -0.39 is 0 Å². The first-order chi connectivity index (χ1) is 14.9. The number of anilines is 3. The van der Waals surface area contributed by atoms with Crippen molar-refractivity contribution in [2.75, 3.05) is 4.90 Å². The van der Waals surface area contributed by atoms with Crippen LogP contribution in [-0.4, -0.2) is 0 Å². The van der Waals surface area contributed by atoms with Crippen LogP contribution in [0.1, 0.15) is 0 Å². The molecule has 0 amide bonds. The van der Waals surface area contributed by atoms with Crippen molar-refractivity contribution in [3.8, 4) is 11.1 Å². The van der Waals surface area contributed by atoms with Crippen LogP contribution in [0.5, 0.6) is 0 Å². The normalized spacial score (nSPS) is 12.6.